The van der Waals surface area contributed by atoms with Gasteiger partial charge in [-0.1, -0.05) is 32.0 Å². The number of thioether (sulfide) groups is 1. The lowest BCUT2D eigenvalue weighted by Gasteiger charge is -2.21. The second kappa shape index (κ2) is 9.18. The molecular weight excluding hydrogens is 378 g/mol. The lowest BCUT2D eigenvalue weighted by molar-refractivity contribution is -0.146. The summed E-state index contributed by atoms with van der Waals surface area (Å²) in [5.74, 6) is 0.267. The lowest BCUT2D eigenvalue weighted by Crippen LogP contribution is -2.46. The van der Waals surface area contributed by atoms with Gasteiger partial charge in [-0.2, -0.15) is 0 Å². The molecule has 0 unspecified atom stereocenters. The topological polar surface area (TPSA) is 99.0 Å². The number of rotatable bonds is 9. The van der Waals surface area contributed by atoms with Crippen LogP contribution in [0, 0.1) is 5.92 Å². The number of ether oxygens (including phenoxy) is 1. The number of pyridine rings is 1. The number of esters is 1. The summed E-state index contributed by atoms with van der Waals surface area (Å²) in [4.78, 5) is 28.5. The van der Waals surface area contributed by atoms with Crippen LogP contribution in [0.2, 0.25) is 0 Å². The molecule has 8 nitrogen and oxygen atoms in total. The summed E-state index contributed by atoms with van der Waals surface area (Å²) in [5.41, 5.74) is 0.903. The fraction of sp³-hybridized carbons (Fsp3) is 0.526. The largest absolute Gasteiger partial charge is 0.467 e. The Morgan fingerprint density at radius 2 is 2.18 bits per heavy atom. The third-order valence-corrected chi connectivity index (χ3v) is 5.76. The van der Waals surface area contributed by atoms with Gasteiger partial charge in [-0.3, -0.25) is 14.3 Å². The minimum absolute atomic E-state index is 0.00583. The van der Waals surface area contributed by atoms with E-state index in [1.807, 2.05) is 26.0 Å². The van der Waals surface area contributed by atoms with Crippen LogP contribution in [-0.4, -0.2) is 50.5 Å². The second-order valence-corrected chi connectivity index (χ2v) is 7.83. The highest BCUT2D eigenvalue weighted by atomic mass is 32.2. The van der Waals surface area contributed by atoms with E-state index in [4.69, 9.17) is 4.74 Å². The van der Waals surface area contributed by atoms with Crippen LogP contribution in [0.4, 0.5) is 0 Å². The maximum Gasteiger partial charge on any atom is 0.328 e. The van der Waals surface area contributed by atoms with E-state index >= 15 is 0 Å². The van der Waals surface area contributed by atoms with Gasteiger partial charge < -0.3 is 10.1 Å². The standard InChI is InChI=1S/C19H25N5O3S/c1-4-12(2)16(18(26)27-3)21-15(25)11-28-19-23-22-17(24(19)14-7-8-14)13-6-5-9-20-10-13/h5-6,9-10,12,14,16H,4,7-8,11H2,1-3H3,(H,21,25)/t12-,16+/m1/s1. The molecule has 0 aliphatic heterocycles. The Morgan fingerprint density at radius 3 is 2.79 bits per heavy atom. The van der Waals surface area contributed by atoms with Gasteiger partial charge in [-0.15, -0.1) is 10.2 Å². The summed E-state index contributed by atoms with van der Waals surface area (Å²) < 4.78 is 6.90. The maximum atomic E-state index is 12.4. The van der Waals surface area contributed by atoms with E-state index in [0.717, 1.165) is 30.7 Å². The summed E-state index contributed by atoms with van der Waals surface area (Å²) in [5, 5.41) is 12.1. The zero-order valence-electron chi connectivity index (χ0n) is 16.3. The van der Waals surface area contributed by atoms with Gasteiger partial charge in [0, 0.05) is 24.0 Å². The van der Waals surface area contributed by atoms with E-state index in [1.54, 1.807) is 12.4 Å². The normalized spacial score (nSPS) is 15.7. The van der Waals surface area contributed by atoms with Crippen molar-refractivity contribution in [3.05, 3.63) is 24.5 Å². The van der Waals surface area contributed by atoms with E-state index in [9.17, 15) is 9.59 Å². The molecule has 3 rings (SSSR count). The molecule has 0 aromatic carbocycles. The molecule has 0 radical (unpaired) electrons. The Balaban J connectivity index is 1.68. The molecule has 1 fully saturated rings. The predicted molar refractivity (Wildman–Crippen MR) is 106 cm³/mol. The first kappa shape index (κ1) is 20.3. The van der Waals surface area contributed by atoms with Crippen molar-refractivity contribution in [1.82, 2.24) is 25.1 Å². The van der Waals surface area contributed by atoms with Crippen LogP contribution in [-0.2, 0) is 14.3 Å². The quantitative estimate of drug-likeness (QED) is 0.507. The first-order valence-corrected chi connectivity index (χ1v) is 10.4. The van der Waals surface area contributed by atoms with E-state index < -0.39 is 12.0 Å². The van der Waals surface area contributed by atoms with E-state index in [-0.39, 0.29) is 17.6 Å². The monoisotopic (exact) mass is 403 g/mol. The highest BCUT2D eigenvalue weighted by Gasteiger charge is 2.31. The number of nitrogens with one attached hydrogen (secondary N) is 1. The van der Waals surface area contributed by atoms with E-state index in [0.29, 0.717) is 11.2 Å². The molecule has 2 heterocycles. The Bertz CT molecular complexity index is 822. The van der Waals surface area contributed by atoms with Crippen molar-refractivity contribution >= 4 is 23.6 Å². The van der Waals surface area contributed by atoms with Gasteiger partial charge in [0.25, 0.3) is 0 Å². The molecule has 150 valence electrons. The zero-order valence-corrected chi connectivity index (χ0v) is 17.1. The number of nitrogens with zero attached hydrogens (tertiary/aromatic N) is 4. The van der Waals surface area contributed by atoms with Crippen LogP contribution in [0.1, 0.15) is 39.2 Å². The fourth-order valence-electron chi connectivity index (χ4n) is 2.87. The molecule has 1 aliphatic carbocycles. The van der Waals surface area contributed by atoms with Crippen LogP contribution < -0.4 is 5.32 Å². The Labute approximate surface area is 168 Å². The van der Waals surface area contributed by atoms with Crippen LogP contribution in [0.5, 0.6) is 0 Å². The minimum Gasteiger partial charge on any atom is -0.467 e. The molecule has 28 heavy (non-hydrogen) atoms. The molecule has 2 aromatic heterocycles. The Kier molecular flexibility index (Phi) is 6.66. The van der Waals surface area contributed by atoms with Gasteiger partial charge in [0.1, 0.15) is 6.04 Å². The molecule has 0 saturated heterocycles. The summed E-state index contributed by atoms with van der Waals surface area (Å²) in [6, 6.07) is 3.53. The molecule has 9 heteroatoms. The smallest absolute Gasteiger partial charge is 0.328 e. The maximum absolute atomic E-state index is 12.4. The van der Waals surface area contributed by atoms with Gasteiger partial charge in [0.05, 0.1) is 12.9 Å². The molecular formula is C19H25N5O3S. The van der Waals surface area contributed by atoms with Gasteiger partial charge in [-0.05, 0) is 30.9 Å². The molecule has 2 aromatic rings. The number of carbonyl (C=O) groups is 2. The molecule has 0 bridgehead atoms. The summed E-state index contributed by atoms with van der Waals surface area (Å²) in [7, 11) is 1.33. The molecule has 2 atom stereocenters. The van der Waals surface area contributed by atoms with Crippen LogP contribution in [0.15, 0.2) is 29.7 Å². The number of methoxy groups -OCH3 is 1. The third-order valence-electron chi connectivity index (χ3n) is 4.81. The van der Waals surface area contributed by atoms with E-state index in [2.05, 4.69) is 25.1 Å². The van der Waals surface area contributed by atoms with Crippen molar-refractivity contribution in [2.45, 2.75) is 50.4 Å². The van der Waals surface area contributed by atoms with Gasteiger partial charge >= 0.3 is 5.97 Å². The Hall–Kier alpha value is -2.42. The van der Waals surface area contributed by atoms with Crippen molar-refractivity contribution < 1.29 is 14.3 Å². The minimum atomic E-state index is -0.643. The zero-order chi connectivity index (χ0) is 20.1. The van der Waals surface area contributed by atoms with Crippen molar-refractivity contribution in [1.29, 1.82) is 0 Å². The number of hydrogen-bond acceptors (Lipinski definition) is 7. The highest BCUT2D eigenvalue weighted by Crippen LogP contribution is 2.40. The number of hydrogen-bond donors (Lipinski definition) is 1. The van der Waals surface area contributed by atoms with Crippen molar-refractivity contribution in [2.24, 2.45) is 5.92 Å². The molecule has 1 N–H and O–H groups in total. The van der Waals surface area contributed by atoms with Gasteiger partial charge in [0.15, 0.2) is 11.0 Å². The van der Waals surface area contributed by atoms with Gasteiger partial charge in [-0.25, -0.2) is 4.79 Å². The summed E-state index contributed by atoms with van der Waals surface area (Å²) >= 11 is 1.32. The van der Waals surface area contributed by atoms with Gasteiger partial charge in [0.2, 0.25) is 5.91 Å². The first-order valence-electron chi connectivity index (χ1n) is 9.40. The summed E-state index contributed by atoms with van der Waals surface area (Å²) in [6.45, 7) is 3.89. The summed E-state index contributed by atoms with van der Waals surface area (Å²) in [6.07, 6.45) is 6.39. The second-order valence-electron chi connectivity index (χ2n) is 6.89. The van der Waals surface area contributed by atoms with Crippen LogP contribution in [0.25, 0.3) is 11.4 Å². The average molecular weight is 404 g/mol. The van der Waals surface area contributed by atoms with Crippen molar-refractivity contribution in [3.8, 4) is 11.4 Å². The molecule has 0 spiro atoms. The highest BCUT2D eigenvalue weighted by molar-refractivity contribution is 7.99. The first-order chi connectivity index (χ1) is 13.5. The Morgan fingerprint density at radius 1 is 1.39 bits per heavy atom. The van der Waals surface area contributed by atoms with Crippen molar-refractivity contribution in [3.63, 3.8) is 0 Å². The number of aromatic nitrogens is 4. The molecule has 1 saturated carbocycles. The van der Waals surface area contributed by atoms with Crippen molar-refractivity contribution in [2.75, 3.05) is 12.9 Å². The van der Waals surface area contributed by atoms with Crippen LogP contribution in [0.3, 0.4) is 0 Å². The van der Waals surface area contributed by atoms with E-state index in [1.165, 1.54) is 18.9 Å². The SMILES string of the molecule is CC[C@@H](C)[C@H](NC(=O)CSc1nnc(-c2cccnc2)n1C1CC1)C(=O)OC. The number of amides is 1. The lowest BCUT2D eigenvalue weighted by atomic mass is 9.99. The fourth-order valence-corrected chi connectivity index (χ4v) is 3.69. The van der Waals surface area contributed by atoms with Crippen LogP contribution >= 0.6 is 11.8 Å². The molecule has 1 aliphatic rings. The molecule has 1 amide bonds. The number of carbonyl (C=O) groups excluding carboxylic acids is 2. The third kappa shape index (κ3) is 4.70. The average Bonchev–Trinajstić information content (AvgIpc) is 3.48. The predicted octanol–water partition coefficient (Wildman–Crippen LogP) is 2.47.